The van der Waals surface area contributed by atoms with Crippen molar-refractivity contribution in [1.29, 1.82) is 0 Å². The van der Waals surface area contributed by atoms with Crippen molar-refractivity contribution in [3.05, 3.63) is 41.5 Å². The molecule has 2 heterocycles. The van der Waals surface area contributed by atoms with Crippen LogP contribution in [0.5, 0.6) is 0 Å². The molecule has 0 radical (unpaired) electrons. The van der Waals surface area contributed by atoms with Crippen LogP contribution >= 0.6 is 0 Å². The van der Waals surface area contributed by atoms with E-state index in [0.717, 1.165) is 44.6 Å². The Balaban J connectivity index is 1.45. The van der Waals surface area contributed by atoms with Gasteiger partial charge in [-0.2, -0.15) is 0 Å². The molecule has 0 spiro atoms. The van der Waals surface area contributed by atoms with Gasteiger partial charge in [-0.25, -0.2) is 0 Å². The summed E-state index contributed by atoms with van der Waals surface area (Å²) in [5.41, 5.74) is 2.46. The van der Waals surface area contributed by atoms with Gasteiger partial charge in [-0.05, 0) is 35.5 Å². The van der Waals surface area contributed by atoms with Crippen molar-refractivity contribution in [3.63, 3.8) is 0 Å². The van der Waals surface area contributed by atoms with E-state index >= 15 is 0 Å². The van der Waals surface area contributed by atoms with E-state index in [9.17, 15) is 9.59 Å². The van der Waals surface area contributed by atoms with Crippen molar-refractivity contribution in [2.45, 2.75) is 39.0 Å². The molecule has 2 amide bonds. The maximum Gasteiger partial charge on any atom is 0.246 e. The number of hydrogen-bond acceptors (Lipinski definition) is 3. The fourth-order valence-electron chi connectivity index (χ4n) is 3.75. The lowest BCUT2D eigenvalue weighted by Crippen LogP contribution is -2.51. The zero-order valence-electron chi connectivity index (χ0n) is 17.5. The second-order valence-corrected chi connectivity index (χ2v) is 8.89. The number of carbonyl (C=O) groups excluding carboxylic acids is 2. The Kier molecular flexibility index (Phi) is 6.55. The van der Waals surface area contributed by atoms with E-state index < -0.39 is 0 Å². The number of benzene rings is 1. The Morgan fingerprint density at radius 2 is 1.50 bits per heavy atom. The summed E-state index contributed by atoms with van der Waals surface area (Å²) in [7, 11) is 0. The SMILES string of the molecule is CC(C)(C)c1ccc(/C=C/C(=O)N2CCN(CC(=O)N3CCCC3)CC2)cc1. The summed E-state index contributed by atoms with van der Waals surface area (Å²) < 4.78 is 0. The first-order valence-corrected chi connectivity index (χ1v) is 10.4. The van der Waals surface area contributed by atoms with Crippen molar-refractivity contribution in [1.82, 2.24) is 14.7 Å². The Bertz CT molecular complexity index is 704. The monoisotopic (exact) mass is 383 g/mol. The highest BCUT2D eigenvalue weighted by Crippen LogP contribution is 2.22. The van der Waals surface area contributed by atoms with Crippen LogP contribution in [0.4, 0.5) is 0 Å². The molecule has 1 aromatic rings. The molecule has 0 aliphatic carbocycles. The standard InChI is InChI=1S/C23H33N3O2/c1-23(2,3)20-9-6-19(7-10-20)8-11-21(27)26-16-14-24(15-17-26)18-22(28)25-12-4-5-13-25/h6-11H,4-5,12-18H2,1-3H3/b11-8+. The van der Waals surface area contributed by atoms with E-state index in [1.54, 1.807) is 6.08 Å². The summed E-state index contributed by atoms with van der Waals surface area (Å²) in [6.45, 7) is 11.8. The number of rotatable bonds is 4. The lowest BCUT2D eigenvalue weighted by molar-refractivity contribution is -0.132. The second kappa shape index (κ2) is 8.91. The number of nitrogens with zero attached hydrogens (tertiary/aromatic N) is 3. The molecule has 0 saturated carbocycles. The maximum atomic E-state index is 12.5. The van der Waals surface area contributed by atoms with Gasteiger partial charge < -0.3 is 9.80 Å². The van der Waals surface area contributed by atoms with Crippen LogP contribution < -0.4 is 0 Å². The lowest BCUT2D eigenvalue weighted by atomic mass is 9.87. The van der Waals surface area contributed by atoms with Crippen LogP contribution in [-0.2, 0) is 15.0 Å². The van der Waals surface area contributed by atoms with Gasteiger partial charge >= 0.3 is 0 Å². The maximum absolute atomic E-state index is 12.5. The Labute approximate surface area is 169 Å². The molecule has 3 rings (SSSR count). The van der Waals surface area contributed by atoms with Gasteiger partial charge in [-0.3, -0.25) is 14.5 Å². The molecular formula is C23H33N3O2. The first-order chi connectivity index (χ1) is 13.3. The first kappa shape index (κ1) is 20.6. The highest BCUT2D eigenvalue weighted by Gasteiger charge is 2.24. The molecule has 0 bridgehead atoms. The van der Waals surface area contributed by atoms with Crippen molar-refractivity contribution in [2.75, 3.05) is 45.8 Å². The molecule has 0 N–H and O–H groups in total. The molecule has 0 aromatic heterocycles. The van der Waals surface area contributed by atoms with Gasteiger partial charge in [-0.15, -0.1) is 0 Å². The Morgan fingerprint density at radius 1 is 0.893 bits per heavy atom. The first-order valence-electron chi connectivity index (χ1n) is 10.4. The molecule has 0 atom stereocenters. The molecule has 1 aromatic carbocycles. The molecule has 5 heteroatoms. The van der Waals surface area contributed by atoms with Gasteiger partial charge in [0.05, 0.1) is 6.54 Å². The van der Waals surface area contributed by atoms with Gasteiger partial charge in [0.2, 0.25) is 11.8 Å². The highest BCUT2D eigenvalue weighted by atomic mass is 16.2. The van der Waals surface area contributed by atoms with Crippen molar-refractivity contribution in [3.8, 4) is 0 Å². The van der Waals surface area contributed by atoms with E-state index in [0.29, 0.717) is 19.6 Å². The predicted octanol–water partition coefficient (Wildman–Crippen LogP) is 2.76. The molecule has 2 saturated heterocycles. The van der Waals surface area contributed by atoms with E-state index in [1.165, 1.54) is 5.56 Å². The van der Waals surface area contributed by atoms with E-state index in [2.05, 4.69) is 49.9 Å². The number of piperazine rings is 1. The predicted molar refractivity (Wildman–Crippen MR) is 113 cm³/mol. The van der Waals surface area contributed by atoms with Crippen LogP contribution in [0.2, 0.25) is 0 Å². The zero-order valence-corrected chi connectivity index (χ0v) is 17.5. The summed E-state index contributed by atoms with van der Waals surface area (Å²) in [5.74, 6) is 0.279. The average Bonchev–Trinajstić information content (AvgIpc) is 3.21. The minimum Gasteiger partial charge on any atom is -0.342 e. The van der Waals surface area contributed by atoms with Crippen molar-refractivity contribution in [2.24, 2.45) is 0 Å². The number of carbonyl (C=O) groups is 2. The molecule has 5 nitrogen and oxygen atoms in total. The van der Waals surface area contributed by atoms with Gasteiger partial charge in [0, 0.05) is 45.3 Å². The fourth-order valence-corrected chi connectivity index (χ4v) is 3.75. The third kappa shape index (κ3) is 5.44. The summed E-state index contributed by atoms with van der Waals surface area (Å²) in [6.07, 6.45) is 5.80. The molecule has 0 unspecified atom stereocenters. The van der Waals surface area contributed by atoms with Gasteiger partial charge in [0.1, 0.15) is 0 Å². The van der Waals surface area contributed by atoms with E-state index in [4.69, 9.17) is 0 Å². The third-order valence-corrected chi connectivity index (χ3v) is 5.70. The van der Waals surface area contributed by atoms with Crippen LogP contribution in [0.15, 0.2) is 30.3 Å². The minimum absolute atomic E-state index is 0.0467. The largest absolute Gasteiger partial charge is 0.342 e. The highest BCUT2D eigenvalue weighted by molar-refractivity contribution is 5.91. The molecule has 2 aliphatic heterocycles. The summed E-state index contributed by atoms with van der Waals surface area (Å²) in [6, 6.07) is 8.37. The number of amides is 2. The summed E-state index contributed by atoms with van der Waals surface area (Å²) >= 11 is 0. The number of likely N-dealkylation sites (tertiary alicyclic amines) is 1. The van der Waals surface area contributed by atoms with E-state index in [-0.39, 0.29) is 17.2 Å². The van der Waals surface area contributed by atoms with Crippen LogP contribution in [0, 0.1) is 0 Å². The van der Waals surface area contributed by atoms with Crippen LogP contribution in [0.3, 0.4) is 0 Å². The average molecular weight is 384 g/mol. The smallest absolute Gasteiger partial charge is 0.246 e. The number of hydrogen-bond donors (Lipinski definition) is 0. The van der Waals surface area contributed by atoms with Crippen molar-refractivity contribution >= 4 is 17.9 Å². The summed E-state index contributed by atoms with van der Waals surface area (Å²) in [4.78, 5) is 30.7. The minimum atomic E-state index is 0.0467. The fraction of sp³-hybridized carbons (Fsp3) is 0.565. The molecule has 28 heavy (non-hydrogen) atoms. The molecule has 152 valence electrons. The van der Waals surface area contributed by atoms with Gasteiger partial charge in [-0.1, -0.05) is 45.0 Å². The molecular weight excluding hydrogens is 350 g/mol. The third-order valence-electron chi connectivity index (χ3n) is 5.70. The van der Waals surface area contributed by atoms with Crippen molar-refractivity contribution < 1.29 is 9.59 Å². The quantitative estimate of drug-likeness (QED) is 0.751. The van der Waals surface area contributed by atoms with Gasteiger partial charge in [0.15, 0.2) is 0 Å². The van der Waals surface area contributed by atoms with E-state index in [1.807, 2.05) is 15.9 Å². The topological polar surface area (TPSA) is 43.9 Å². The van der Waals surface area contributed by atoms with Crippen LogP contribution in [0.1, 0.15) is 44.7 Å². The Morgan fingerprint density at radius 3 is 2.07 bits per heavy atom. The molecule has 2 fully saturated rings. The lowest BCUT2D eigenvalue weighted by Gasteiger charge is -2.34. The summed E-state index contributed by atoms with van der Waals surface area (Å²) in [5, 5.41) is 0. The Hall–Kier alpha value is -2.14. The normalized spacial score (nSPS) is 18.8. The zero-order chi connectivity index (χ0) is 20.1. The second-order valence-electron chi connectivity index (χ2n) is 8.89. The van der Waals surface area contributed by atoms with Crippen LogP contribution in [0.25, 0.3) is 6.08 Å². The van der Waals surface area contributed by atoms with Crippen LogP contribution in [-0.4, -0.2) is 72.3 Å². The molecule has 2 aliphatic rings. The van der Waals surface area contributed by atoms with Gasteiger partial charge in [0.25, 0.3) is 0 Å².